The number of nitrogens with one attached hydrogen (secondary N) is 1. The molecule has 0 fully saturated rings. The van der Waals surface area contributed by atoms with Crippen LogP contribution in [0.2, 0.25) is 0 Å². The third-order valence-corrected chi connectivity index (χ3v) is 4.26. The number of nitrogens with zero attached hydrogens (tertiary/aromatic N) is 3. The fraction of sp³-hybridized carbons (Fsp3) is 0.350. The SMILES string of the molecule is CCNC(=O)Cc1c(-c2ccc(OCC[18F])cc2)nn2c(C)cc(CO)nc12. The van der Waals surface area contributed by atoms with Crippen molar-refractivity contribution >= 4 is 11.6 Å². The Kier molecular flexibility index (Phi) is 6.20. The Labute approximate surface area is 162 Å². The van der Waals surface area contributed by atoms with E-state index < -0.39 is 6.67 Å². The Balaban J connectivity index is 2.09. The number of carbonyl (C=O) groups excluding carboxylic acids is 1. The van der Waals surface area contributed by atoms with Gasteiger partial charge in [-0.25, -0.2) is 13.9 Å². The highest BCUT2D eigenvalue weighted by Gasteiger charge is 2.20. The molecule has 3 rings (SSSR count). The monoisotopic (exact) mass is 385 g/mol. The third kappa shape index (κ3) is 4.12. The molecule has 0 aliphatic carbocycles. The molecule has 2 N–H and O–H groups in total. The summed E-state index contributed by atoms with van der Waals surface area (Å²) in [7, 11) is 0. The van der Waals surface area contributed by atoms with Crippen LogP contribution >= 0.6 is 0 Å². The molecule has 0 saturated heterocycles. The number of likely N-dealkylation sites (N-methyl/N-ethyl adjacent to an activating group) is 1. The first-order valence-electron chi connectivity index (χ1n) is 9.12. The Bertz CT molecular complexity index is 970. The number of hydrogen-bond acceptors (Lipinski definition) is 5. The maximum Gasteiger partial charge on any atom is 0.224 e. The average Bonchev–Trinajstić information content (AvgIpc) is 3.05. The van der Waals surface area contributed by atoms with Crippen molar-refractivity contribution in [2.75, 3.05) is 19.8 Å². The number of rotatable bonds is 8. The highest BCUT2D eigenvalue weighted by atomic mass is 18.2. The molecule has 1 amide bonds. The number of aliphatic hydroxyl groups excluding tert-OH is 1. The highest BCUT2D eigenvalue weighted by Crippen LogP contribution is 2.28. The summed E-state index contributed by atoms with van der Waals surface area (Å²) in [4.78, 5) is 16.7. The minimum absolute atomic E-state index is 0.00318. The first-order valence-corrected chi connectivity index (χ1v) is 9.12. The summed E-state index contributed by atoms with van der Waals surface area (Å²) < 4.78 is 19.2. The van der Waals surface area contributed by atoms with Gasteiger partial charge < -0.3 is 15.2 Å². The van der Waals surface area contributed by atoms with Crippen LogP contribution in [-0.2, 0) is 17.8 Å². The van der Waals surface area contributed by atoms with E-state index in [1.165, 1.54) is 0 Å². The molecule has 0 spiro atoms. The van der Waals surface area contributed by atoms with Gasteiger partial charge in [-0.15, -0.1) is 0 Å². The largest absolute Gasteiger partial charge is 0.491 e. The van der Waals surface area contributed by atoms with E-state index in [1.54, 1.807) is 22.7 Å². The van der Waals surface area contributed by atoms with Crippen LogP contribution in [0.25, 0.3) is 16.9 Å². The predicted octanol–water partition coefficient (Wildman–Crippen LogP) is 2.22. The molecule has 0 unspecified atom stereocenters. The number of hydrogen-bond donors (Lipinski definition) is 2. The van der Waals surface area contributed by atoms with Crippen molar-refractivity contribution < 1.29 is 19.0 Å². The molecule has 1 aromatic carbocycles. The quantitative estimate of drug-likeness (QED) is 0.621. The van der Waals surface area contributed by atoms with Crippen molar-refractivity contribution in [3.05, 3.63) is 47.3 Å². The number of halogens is 1. The van der Waals surface area contributed by atoms with E-state index in [4.69, 9.17) is 4.74 Å². The lowest BCUT2D eigenvalue weighted by Gasteiger charge is -2.06. The zero-order valence-electron chi connectivity index (χ0n) is 15.9. The Morgan fingerprint density at radius 3 is 2.71 bits per heavy atom. The minimum atomic E-state index is -0.553. The standard InChI is InChI=1S/C20H23FN4O3/c1-3-22-18(27)11-17-19(14-4-6-16(7-5-14)28-9-8-21)24-25-13(2)10-15(12-26)23-20(17)25/h4-7,10,26H,3,8-9,11-12H2,1-2H3,(H,22,27)/i21-1. The fourth-order valence-electron chi connectivity index (χ4n) is 3.03. The number of alkyl halides is 1. The van der Waals surface area contributed by atoms with E-state index in [1.807, 2.05) is 26.0 Å². The number of benzene rings is 1. The van der Waals surface area contributed by atoms with Crippen LogP contribution in [0.15, 0.2) is 30.3 Å². The van der Waals surface area contributed by atoms with Gasteiger partial charge in [0, 0.05) is 23.4 Å². The van der Waals surface area contributed by atoms with Crippen LogP contribution in [-0.4, -0.2) is 45.4 Å². The predicted molar refractivity (Wildman–Crippen MR) is 103 cm³/mol. The normalized spacial score (nSPS) is 11.0. The molecule has 28 heavy (non-hydrogen) atoms. The second kappa shape index (κ2) is 8.79. The summed E-state index contributed by atoms with van der Waals surface area (Å²) >= 11 is 0. The highest BCUT2D eigenvalue weighted by molar-refractivity contribution is 5.84. The summed E-state index contributed by atoms with van der Waals surface area (Å²) in [6, 6.07) is 8.87. The maximum atomic E-state index is 12.3. The third-order valence-electron chi connectivity index (χ3n) is 4.26. The fourth-order valence-corrected chi connectivity index (χ4v) is 3.03. The Hall–Kier alpha value is -3.00. The van der Waals surface area contributed by atoms with E-state index in [0.717, 1.165) is 11.3 Å². The van der Waals surface area contributed by atoms with Crippen molar-refractivity contribution in [3.63, 3.8) is 0 Å². The molecule has 0 radical (unpaired) electrons. The van der Waals surface area contributed by atoms with E-state index in [2.05, 4.69) is 15.4 Å². The molecule has 0 saturated carbocycles. The van der Waals surface area contributed by atoms with Crippen LogP contribution in [0.3, 0.4) is 0 Å². The molecular formula is C20H23FN4O3. The van der Waals surface area contributed by atoms with Gasteiger partial charge >= 0.3 is 0 Å². The van der Waals surface area contributed by atoms with Crippen molar-refractivity contribution in [3.8, 4) is 17.0 Å². The van der Waals surface area contributed by atoms with Crippen LogP contribution in [0, 0.1) is 6.92 Å². The summed E-state index contributed by atoms with van der Waals surface area (Å²) in [6.45, 7) is 3.51. The molecule has 0 bridgehead atoms. The van der Waals surface area contributed by atoms with Crippen molar-refractivity contribution in [2.24, 2.45) is 0 Å². The molecule has 8 heteroatoms. The van der Waals surface area contributed by atoms with E-state index in [0.29, 0.717) is 34.9 Å². The molecule has 148 valence electrons. The smallest absolute Gasteiger partial charge is 0.224 e. The van der Waals surface area contributed by atoms with Gasteiger partial charge in [0.1, 0.15) is 19.0 Å². The number of carbonyl (C=O) groups is 1. The number of aliphatic hydroxyl groups is 1. The van der Waals surface area contributed by atoms with Gasteiger partial charge in [-0.3, -0.25) is 4.79 Å². The van der Waals surface area contributed by atoms with Gasteiger partial charge in [0.25, 0.3) is 0 Å². The van der Waals surface area contributed by atoms with Crippen LogP contribution in [0.5, 0.6) is 5.75 Å². The second-order valence-electron chi connectivity index (χ2n) is 6.30. The first kappa shape index (κ1) is 19.8. The van der Waals surface area contributed by atoms with Crippen LogP contribution in [0.1, 0.15) is 23.9 Å². The number of amides is 1. The number of aryl methyl sites for hydroxylation is 1. The zero-order valence-corrected chi connectivity index (χ0v) is 15.9. The second-order valence-corrected chi connectivity index (χ2v) is 6.30. The summed E-state index contributed by atoms with van der Waals surface area (Å²) in [5, 5.41) is 16.9. The Morgan fingerprint density at radius 2 is 2.07 bits per heavy atom. The topological polar surface area (TPSA) is 88.8 Å². The maximum absolute atomic E-state index is 12.3. The van der Waals surface area contributed by atoms with E-state index >= 15 is 0 Å². The number of fused-ring (bicyclic) bond motifs is 1. The van der Waals surface area contributed by atoms with Crippen LogP contribution in [0.4, 0.5) is 4.39 Å². The molecule has 0 atom stereocenters. The van der Waals surface area contributed by atoms with Crippen molar-refractivity contribution in [2.45, 2.75) is 26.9 Å². The van der Waals surface area contributed by atoms with Gasteiger partial charge in [0.05, 0.1) is 24.4 Å². The van der Waals surface area contributed by atoms with Gasteiger partial charge in [0.15, 0.2) is 5.65 Å². The molecule has 0 aliphatic heterocycles. The number of ether oxygens (including phenoxy) is 1. The van der Waals surface area contributed by atoms with Gasteiger partial charge in [0.2, 0.25) is 5.91 Å². The lowest BCUT2D eigenvalue weighted by molar-refractivity contribution is -0.120. The molecule has 2 aromatic heterocycles. The lowest BCUT2D eigenvalue weighted by atomic mass is 10.0. The summed E-state index contributed by atoms with van der Waals surface area (Å²) in [6.07, 6.45) is 0.119. The zero-order chi connectivity index (χ0) is 20.1. The first-order chi connectivity index (χ1) is 13.6. The summed E-state index contributed by atoms with van der Waals surface area (Å²) in [5.74, 6) is 0.433. The van der Waals surface area contributed by atoms with Crippen molar-refractivity contribution in [1.82, 2.24) is 19.9 Å². The minimum Gasteiger partial charge on any atom is -0.491 e. The van der Waals surface area contributed by atoms with Gasteiger partial charge in [-0.1, -0.05) is 0 Å². The van der Waals surface area contributed by atoms with E-state index in [-0.39, 0.29) is 25.5 Å². The molecule has 7 nitrogen and oxygen atoms in total. The summed E-state index contributed by atoms with van der Waals surface area (Å²) in [5.41, 5.74) is 3.98. The lowest BCUT2D eigenvalue weighted by Crippen LogP contribution is -2.24. The molecular weight excluding hydrogens is 362 g/mol. The number of aromatic nitrogens is 3. The molecule has 0 aliphatic rings. The van der Waals surface area contributed by atoms with Gasteiger partial charge in [-0.2, -0.15) is 5.10 Å². The average molecular weight is 385 g/mol. The molecule has 2 heterocycles. The van der Waals surface area contributed by atoms with Crippen molar-refractivity contribution in [1.29, 1.82) is 0 Å². The molecule has 3 aromatic rings. The van der Waals surface area contributed by atoms with Gasteiger partial charge in [-0.05, 0) is 44.2 Å². The Morgan fingerprint density at radius 1 is 1.32 bits per heavy atom. The van der Waals surface area contributed by atoms with Crippen LogP contribution < -0.4 is 10.1 Å². The van der Waals surface area contributed by atoms with E-state index in [9.17, 15) is 14.3 Å².